The highest BCUT2D eigenvalue weighted by Gasteiger charge is 2.25. The summed E-state index contributed by atoms with van der Waals surface area (Å²) < 4.78 is 6.38. The lowest BCUT2D eigenvalue weighted by Crippen LogP contribution is -2.27. The number of carbonyl (C=O) groups is 1. The Labute approximate surface area is 108 Å². The van der Waals surface area contributed by atoms with Crippen LogP contribution in [0.25, 0.3) is 0 Å². The molecule has 1 aromatic rings. The smallest absolute Gasteiger partial charge is 0.305 e. The van der Waals surface area contributed by atoms with Crippen molar-refractivity contribution in [3.8, 4) is 0 Å². The van der Waals surface area contributed by atoms with Crippen LogP contribution in [-0.4, -0.2) is 28.8 Å². The van der Waals surface area contributed by atoms with Crippen molar-refractivity contribution in [1.29, 1.82) is 0 Å². The number of nitrogens with zero attached hydrogens (tertiary/aromatic N) is 1. The van der Waals surface area contributed by atoms with Crippen molar-refractivity contribution in [2.45, 2.75) is 31.3 Å². The van der Waals surface area contributed by atoms with Crippen molar-refractivity contribution in [2.75, 3.05) is 6.61 Å². The summed E-state index contributed by atoms with van der Waals surface area (Å²) >= 11 is 3.34. The minimum absolute atomic E-state index is 0.0959. The fourth-order valence-corrected chi connectivity index (χ4v) is 2.40. The van der Waals surface area contributed by atoms with E-state index in [4.69, 9.17) is 9.84 Å². The third kappa shape index (κ3) is 3.51. The van der Waals surface area contributed by atoms with Crippen LogP contribution >= 0.6 is 15.9 Å². The lowest BCUT2D eigenvalue weighted by Gasteiger charge is -2.27. The number of aliphatic carboxylic acids is 1. The van der Waals surface area contributed by atoms with Crippen LogP contribution in [0, 0.1) is 0 Å². The van der Waals surface area contributed by atoms with Gasteiger partial charge in [-0.1, -0.05) is 6.07 Å². The van der Waals surface area contributed by atoms with Crippen molar-refractivity contribution >= 4 is 21.9 Å². The van der Waals surface area contributed by atoms with Crippen LogP contribution in [0.5, 0.6) is 0 Å². The Balaban J connectivity index is 1.93. The zero-order valence-electron chi connectivity index (χ0n) is 9.30. The second-order valence-electron chi connectivity index (χ2n) is 4.21. The van der Waals surface area contributed by atoms with Crippen LogP contribution in [-0.2, 0) is 9.53 Å². The van der Waals surface area contributed by atoms with E-state index in [1.807, 2.05) is 18.2 Å². The minimum Gasteiger partial charge on any atom is -0.481 e. The predicted molar refractivity (Wildman–Crippen MR) is 65.9 cm³/mol. The Morgan fingerprint density at radius 3 is 2.94 bits per heavy atom. The van der Waals surface area contributed by atoms with Gasteiger partial charge in [0.1, 0.15) is 4.60 Å². The van der Waals surface area contributed by atoms with E-state index < -0.39 is 5.97 Å². The Hall–Kier alpha value is -0.940. The molecule has 5 heteroatoms. The van der Waals surface area contributed by atoms with Crippen LogP contribution < -0.4 is 0 Å². The molecule has 0 aromatic carbocycles. The standard InChI is InChI=1S/C12H14BrNO3/c13-11-3-1-2-10(14-11)8-4-5-9(17-7-8)6-12(15)16/h1-3,8-9H,4-7H2,(H,15,16). The number of hydrogen-bond acceptors (Lipinski definition) is 3. The fourth-order valence-electron chi connectivity index (χ4n) is 2.05. The number of rotatable bonds is 3. The number of aromatic nitrogens is 1. The van der Waals surface area contributed by atoms with Crippen molar-refractivity contribution in [3.63, 3.8) is 0 Å². The molecule has 0 bridgehead atoms. The minimum atomic E-state index is -0.797. The molecule has 1 aromatic heterocycles. The Morgan fingerprint density at radius 1 is 1.53 bits per heavy atom. The Bertz CT molecular complexity index is 402. The second-order valence-corrected chi connectivity index (χ2v) is 5.03. The molecule has 2 atom stereocenters. The van der Waals surface area contributed by atoms with Gasteiger partial charge < -0.3 is 9.84 Å². The maximum atomic E-state index is 10.6. The first-order chi connectivity index (χ1) is 8.15. The van der Waals surface area contributed by atoms with Gasteiger partial charge in [0, 0.05) is 11.6 Å². The van der Waals surface area contributed by atoms with E-state index in [-0.39, 0.29) is 18.4 Å². The highest BCUT2D eigenvalue weighted by atomic mass is 79.9. The van der Waals surface area contributed by atoms with E-state index in [2.05, 4.69) is 20.9 Å². The zero-order valence-corrected chi connectivity index (χ0v) is 10.9. The third-order valence-corrected chi connectivity index (χ3v) is 3.37. The van der Waals surface area contributed by atoms with Gasteiger partial charge in [-0.3, -0.25) is 4.79 Å². The average molecular weight is 300 g/mol. The maximum Gasteiger partial charge on any atom is 0.305 e. The van der Waals surface area contributed by atoms with Gasteiger partial charge in [-0.05, 0) is 40.9 Å². The first-order valence-corrected chi connectivity index (χ1v) is 6.40. The van der Waals surface area contributed by atoms with Gasteiger partial charge in [0.15, 0.2) is 0 Å². The van der Waals surface area contributed by atoms with Crippen molar-refractivity contribution in [2.24, 2.45) is 0 Å². The molecular formula is C12H14BrNO3. The molecule has 2 rings (SSSR count). The van der Waals surface area contributed by atoms with Gasteiger partial charge in [-0.2, -0.15) is 0 Å². The Morgan fingerprint density at radius 2 is 2.35 bits per heavy atom. The summed E-state index contributed by atoms with van der Waals surface area (Å²) in [6.45, 7) is 0.557. The molecular weight excluding hydrogens is 286 g/mol. The number of hydrogen-bond donors (Lipinski definition) is 1. The van der Waals surface area contributed by atoms with E-state index in [1.165, 1.54) is 0 Å². The van der Waals surface area contributed by atoms with Gasteiger partial charge in [-0.25, -0.2) is 4.98 Å². The van der Waals surface area contributed by atoms with Crippen molar-refractivity contribution in [1.82, 2.24) is 4.98 Å². The van der Waals surface area contributed by atoms with Gasteiger partial charge in [0.05, 0.1) is 19.1 Å². The topological polar surface area (TPSA) is 59.4 Å². The summed E-state index contributed by atoms with van der Waals surface area (Å²) in [6, 6.07) is 5.83. The van der Waals surface area contributed by atoms with Crippen LogP contribution in [0.2, 0.25) is 0 Å². The van der Waals surface area contributed by atoms with E-state index >= 15 is 0 Å². The Kier molecular flexibility index (Phi) is 4.12. The molecule has 2 heterocycles. The SMILES string of the molecule is O=C(O)CC1CCC(c2cccc(Br)n2)CO1. The summed E-state index contributed by atoms with van der Waals surface area (Å²) in [6.07, 6.45) is 1.67. The average Bonchev–Trinajstić information content (AvgIpc) is 2.29. The summed E-state index contributed by atoms with van der Waals surface area (Å²) in [4.78, 5) is 15.0. The molecule has 0 radical (unpaired) electrons. The quantitative estimate of drug-likeness (QED) is 0.872. The van der Waals surface area contributed by atoms with Crippen LogP contribution in [0.1, 0.15) is 30.9 Å². The predicted octanol–water partition coefficient (Wildman–Crippen LogP) is 2.58. The molecule has 92 valence electrons. The highest BCUT2D eigenvalue weighted by Crippen LogP contribution is 2.28. The molecule has 0 aliphatic carbocycles. The van der Waals surface area contributed by atoms with E-state index in [0.717, 1.165) is 23.1 Å². The second kappa shape index (κ2) is 5.60. The van der Waals surface area contributed by atoms with Crippen molar-refractivity contribution < 1.29 is 14.6 Å². The lowest BCUT2D eigenvalue weighted by molar-refractivity contribution is -0.141. The number of ether oxygens (including phenoxy) is 1. The van der Waals surface area contributed by atoms with Gasteiger partial charge in [0.25, 0.3) is 0 Å². The van der Waals surface area contributed by atoms with Gasteiger partial charge in [0.2, 0.25) is 0 Å². The molecule has 0 saturated carbocycles. The first kappa shape index (κ1) is 12.5. The number of carboxylic acid groups (broad SMARTS) is 1. The molecule has 2 unspecified atom stereocenters. The molecule has 1 aliphatic heterocycles. The summed E-state index contributed by atoms with van der Waals surface area (Å²) in [5, 5.41) is 8.69. The van der Waals surface area contributed by atoms with Gasteiger partial charge in [-0.15, -0.1) is 0 Å². The summed E-state index contributed by atoms with van der Waals surface area (Å²) in [7, 11) is 0. The molecule has 1 aliphatic rings. The zero-order chi connectivity index (χ0) is 12.3. The monoisotopic (exact) mass is 299 g/mol. The third-order valence-electron chi connectivity index (χ3n) is 2.93. The van der Waals surface area contributed by atoms with E-state index in [9.17, 15) is 4.79 Å². The largest absolute Gasteiger partial charge is 0.481 e. The normalized spacial score (nSPS) is 24.5. The van der Waals surface area contributed by atoms with Crippen molar-refractivity contribution in [3.05, 3.63) is 28.5 Å². The van der Waals surface area contributed by atoms with Crippen LogP contribution in [0.3, 0.4) is 0 Å². The molecule has 1 saturated heterocycles. The molecule has 1 N–H and O–H groups in total. The number of halogens is 1. The fraction of sp³-hybridized carbons (Fsp3) is 0.500. The highest BCUT2D eigenvalue weighted by molar-refractivity contribution is 9.10. The molecule has 17 heavy (non-hydrogen) atoms. The molecule has 4 nitrogen and oxygen atoms in total. The number of carboxylic acids is 1. The van der Waals surface area contributed by atoms with Gasteiger partial charge >= 0.3 is 5.97 Å². The van der Waals surface area contributed by atoms with E-state index in [1.54, 1.807) is 0 Å². The lowest BCUT2D eigenvalue weighted by atomic mass is 9.94. The number of pyridine rings is 1. The first-order valence-electron chi connectivity index (χ1n) is 5.61. The maximum absolute atomic E-state index is 10.6. The van der Waals surface area contributed by atoms with E-state index in [0.29, 0.717) is 6.61 Å². The van der Waals surface area contributed by atoms with Crippen LogP contribution in [0.15, 0.2) is 22.8 Å². The summed E-state index contributed by atoms with van der Waals surface area (Å²) in [5.41, 5.74) is 1.01. The molecule has 1 fully saturated rings. The van der Waals surface area contributed by atoms with Crippen LogP contribution in [0.4, 0.5) is 0 Å². The summed E-state index contributed by atoms with van der Waals surface area (Å²) in [5.74, 6) is -0.522. The molecule has 0 amide bonds. The molecule has 0 spiro atoms.